The van der Waals surface area contributed by atoms with Crippen LogP contribution in [0.2, 0.25) is 0 Å². The Bertz CT molecular complexity index is 965. The van der Waals surface area contributed by atoms with Crippen molar-refractivity contribution in [2.45, 2.75) is 6.42 Å². The summed E-state index contributed by atoms with van der Waals surface area (Å²) in [5.74, 6) is 2.85. The lowest BCUT2D eigenvalue weighted by Gasteiger charge is -2.17. The molecule has 144 valence electrons. The fourth-order valence-electron chi connectivity index (χ4n) is 3.23. The van der Waals surface area contributed by atoms with Crippen LogP contribution in [0.3, 0.4) is 0 Å². The quantitative estimate of drug-likeness (QED) is 0.618. The number of H-pyrrole nitrogens is 1. The third-order valence-corrected chi connectivity index (χ3v) is 4.61. The molecular weight excluding hydrogens is 348 g/mol. The maximum absolute atomic E-state index is 6.34. The van der Waals surface area contributed by atoms with E-state index in [9.17, 15) is 0 Å². The van der Waals surface area contributed by atoms with E-state index in [-0.39, 0.29) is 0 Å². The molecule has 0 radical (unpaired) electrons. The van der Waals surface area contributed by atoms with Gasteiger partial charge in [0.1, 0.15) is 0 Å². The molecule has 0 atom stereocenters. The number of ether oxygens (including phenoxy) is 5. The van der Waals surface area contributed by atoms with Crippen molar-refractivity contribution >= 4 is 16.6 Å². The van der Waals surface area contributed by atoms with Crippen LogP contribution in [-0.2, 0) is 6.42 Å². The molecule has 0 spiro atoms. The van der Waals surface area contributed by atoms with Gasteiger partial charge in [0, 0.05) is 29.6 Å². The summed E-state index contributed by atoms with van der Waals surface area (Å²) in [6.07, 6.45) is 2.53. The first-order valence-corrected chi connectivity index (χ1v) is 8.37. The van der Waals surface area contributed by atoms with E-state index in [4.69, 9.17) is 29.4 Å². The Morgan fingerprint density at radius 3 is 1.96 bits per heavy atom. The molecule has 0 saturated carbocycles. The second-order valence-corrected chi connectivity index (χ2v) is 5.96. The van der Waals surface area contributed by atoms with Gasteiger partial charge >= 0.3 is 0 Å². The number of anilines is 1. The van der Waals surface area contributed by atoms with Crippen molar-refractivity contribution in [3.05, 3.63) is 35.5 Å². The monoisotopic (exact) mass is 372 g/mol. The second-order valence-electron chi connectivity index (χ2n) is 5.96. The number of nitrogens with one attached hydrogen (secondary N) is 1. The molecule has 3 rings (SSSR count). The van der Waals surface area contributed by atoms with Gasteiger partial charge in [-0.2, -0.15) is 0 Å². The van der Waals surface area contributed by atoms with Crippen LogP contribution in [-0.4, -0.2) is 40.5 Å². The summed E-state index contributed by atoms with van der Waals surface area (Å²) >= 11 is 0. The van der Waals surface area contributed by atoms with Gasteiger partial charge in [-0.1, -0.05) is 0 Å². The van der Waals surface area contributed by atoms with E-state index in [1.54, 1.807) is 35.5 Å². The van der Waals surface area contributed by atoms with Gasteiger partial charge in [0.05, 0.1) is 41.2 Å². The van der Waals surface area contributed by atoms with Gasteiger partial charge < -0.3 is 34.4 Å². The molecular formula is C20H24N2O5. The molecule has 0 aliphatic heterocycles. The number of nitrogens with two attached hydrogens (primary N) is 1. The van der Waals surface area contributed by atoms with Crippen molar-refractivity contribution in [1.29, 1.82) is 0 Å². The molecule has 0 aliphatic carbocycles. The first-order valence-electron chi connectivity index (χ1n) is 8.37. The number of fused-ring (bicyclic) bond motifs is 1. The van der Waals surface area contributed by atoms with Crippen molar-refractivity contribution in [2.24, 2.45) is 0 Å². The topological polar surface area (TPSA) is 88.0 Å². The number of hydrogen-bond acceptors (Lipinski definition) is 6. The number of nitrogen functional groups attached to an aromatic ring is 1. The van der Waals surface area contributed by atoms with E-state index in [0.29, 0.717) is 40.9 Å². The van der Waals surface area contributed by atoms with Crippen molar-refractivity contribution in [2.75, 3.05) is 41.3 Å². The lowest BCUT2D eigenvalue weighted by Crippen LogP contribution is -2.03. The fourth-order valence-corrected chi connectivity index (χ4v) is 3.23. The molecule has 0 saturated heterocycles. The van der Waals surface area contributed by atoms with E-state index in [2.05, 4.69) is 4.98 Å². The van der Waals surface area contributed by atoms with Crippen LogP contribution in [0.1, 0.15) is 11.1 Å². The molecule has 27 heavy (non-hydrogen) atoms. The van der Waals surface area contributed by atoms with Crippen LogP contribution in [0.15, 0.2) is 24.4 Å². The van der Waals surface area contributed by atoms with Gasteiger partial charge in [0.2, 0.25) is 5.75 Å². The van der Waals surface area contributed by atoms with Crippen LogP contribution >= 0.6 is 0 Å². The zero-order valence-electron chi connectivity index (χ0n) is 16.1. The van der Waals surface area contributed by atoms with Gasteiger partial charge in [-0.05, 0) is 23.3 Å². The largest absolute Gasteiger partial charge is 0.493 e. The predicted molar refractivity (Wildman–Crippen MR) is 105 cm³/mol. The van der Waals surface area contributed by atoms with Crippen molar-refractivity contribution in [3.63, 3.8) is 0 Å². The van der Waals surface area contributed by atoms with E-state index in [0.717, 1.165) is 22.0 Å². The highest BCUT2D eigenvalue weighted by atomic mass is 16.5. The minimum absolute atomic E-state index is 0.464. The van der Waals surface area contributed by atoms with Crippen LogP contribution in [0.5, 0.6) is 28.7 Å². The maximum atomic E-state index is 6.34. The van der Waals surface area contributed by atoms with Crippen LogP contribution < -0.4 is 29.4 Å². The normalized spacial score (nSPS) is 10.7. The molecule has 2 aromatic carbocycles. The molecule has 0 aliphatic rings. The predicted octanol–water partition coefficient (Wildman–Crippen LogP) is 3.38. The highest BCUT2D eigenvalue weighted by Gasteiger charge is 2.20. The zero-order chi connectivity index (χ0) is 19.6. The molecule has 3 aromatic rings. The van der Waals surface area contributed by atoms with Crippen LogP contribution in [0.4, 0.5) is 5.69 Å². The van der Waals surface area contributed by atoms with Gasteiger partial charge in [-0.25, -0.2) is 0 Å². The van der Waals surface area contributed by atoms with E-state index in [1.165, 1.54) is 0 Å². The molecule has 0 amide bonds. The van der Waals surface area contributed by atoms with Crippen molar-refractivity contribution in [1.82, 2.24) is 4.98 Å². The molecule has 1 heterocycles. The third-order valence-electron chi connectivity index (χ3n) is 4.61. The molecule has 7 heteroatoms. The molecule has 0 bridgehead atoms. The van der Waals surface area contributed by atoms with Crippen molar-refractivity contribution in [3.8, 4) is 28.7 Å². The smallest absolute Gasteiger partial charge is 0.205 e. The van der Waals surface area contributed by atoms with Crippen LogP contribution in [0, 0.1) is 0 Å². The Kier molecular flexibility index (Phi) is 5.21. The Morgan fingerprint density at radius 1 is 0.741 bits per heavy atom. The average Bonchev–Trinajstić information content (AvgIpc) is 3.09. The Hall–Kier alpha value is -3.22. The summed E-state index contributed by atoms with van der Waals surface area (Å²) in [5, 5.41) is 1.03. The number of aromatic nitrogens is 1. The first-order chi connectivity index (χ1) is 13.1. The third kappa shape index (κ3) is 3.16. The molecule has 0 unspecified atom stereocenters. The molecule has 1 aromatic heterocycles. The lowest BCUT2D eigenvalue weighted by molar-refractivity contribution is 0.325. The number of benzene rings is 2. The fraction of sp³-hybridized carbons (Fsp3) is 0.300. The summed E-state index contributed by atoms with van der Waals surface area (Å²) in [6, 6.07) is 5.74. The number of hydrogen-bond donors (Lipinski definition) is 2. The Balaban J connectivity index is 2.10. The average molecular weight is 372 g/mol. The SMILES string of the molecule is COc1cc2[nH]cc(Cc3cc(OC)c(OC)c(OC)c3N)c2cc1OC. The van der Waals surface area contributed by atoms with Crippen molar-refractivity contribution < 1.29 is 23.7 Å². The van der Waals surface area contributed by atoms with Crippen LogP contribution in [0.25, 0.3) is 10.9 Å². The van der Waals surface area contributed by atoms with Gasteiger partial charge in [-0.3, -0.25) is 0 Å². The number of rotatable bonds is 7. The van der Waals surface area contributed by atoms with Gasteiger partial charge in [0.25, 0.3) is 0 Å². The lowest BCUT2D eigenvalue weighted by atomic mass is 10.0. The number of aromatic amines is 1. The van der Waals surface area contributed by atoms with Gasteiger partial charge in [0.15, 0.2) is 23.0 Å². The summed E-state index contributed by atoms with van der Waals surface area (Å²) in [7, 11) is 7.93. The highest BCUT2D eigenvalue weighted by molar-refractivity contribution is 5.87. The maximum Gasteiger partial charge on any atom is 0.205 e. The minimum atomic E-state index is 0.464. The minimum Gasteiger partial charge on any atom is -0.493 e. The zero-order valence-corrected chi connectivity index (χ0v) is 16.1. The first kappa shape index (κ1) is 18.6. The summed E-state index contributed by atoms with van der Waals surface area (Å²) in [6.45, 7) is 0. The standard InChI is InChI=1S/C20H24N2O5/c1-23-15-8-13-12(10-22-14(13)9-16(15)24-2)6-11-7-17(25-3)19(26-4)20(27-5)18(11)21/h7-10,22H,6,21H2,1-5H3. The van der Waals surface area contributed by atoms with E-state index >= 15 is 0 Å². The summed E-state index contributed by atoms with van der Waals surface area (Å²) in [4.78, 5) is 3.27. The van der Waals surface area contributed by atoms with Gasteiger partial charge in [-0.15, -0.1) is 0 Å². The molecule has 0 fully saturated rings. The molecule has 7 nitrogen and oxygen atoms in total. The molecule has 3 N–H and O–H groups in total. The van der Waals surface area contributed by atoms with E-state index < -0.39 is 0 Å². The number of methoxy groups -OCH3 is 5. The highest BCUT2D eigenvalue weighted by Crippen LogP contribution is 2.44. The Labute approximate surface area is 157 Å². The Morgan fingerprint density at radius 2 is 1.37 bits per heavy atom. The van der Waals surface area contributed by atoms with E-state index in [1.807, 2.05) is 24.4 Å². The second kappa shape index (κ2) is 7.57. The summed E-state index contributed by atoms with van der Waals surface area (Å²) < 4.78 is 27.1. The summed E-state index contributed by atoms with van der Waals surface area (Å²) in [5.41, 5.74) is 9.75.